The summed E-state index contributed by atoms with van der Waals surface area (Å²) >= 11 is 0. The molecule has 3 heterocycles. The van der Waals surface area contributed by atoms with Crippen LogP contribution in [0.1, 0.15) is 11.3 Å². The van der Waals surface area contributed by atoms with Gasteiger partial charge in [-0.15, -0.1) is 0 Å². The Hall–Kier alpha value is -3.47. The van der Waals surface area contributed by atoms with Gasteiger partial charge < -0.3 is 9.42 Å². The summed E-state index contributed by atoms with van der Waals surface area (Å²) in [5.74, 6) is 0.0458. The molecule has 0 unspecified atom stereocenters. The van der Waals surface area contributed by atoms with Crippen LogP contribution < -0.4 is 4.90 Å². The van der Waals surface area contributed by atoms with Crippen molar-refractivity contribution in [2.75, 3.05) is 11.4 Å². The molecule has 2 aromatic carbocycles. The fraction of sp³-hybridized carbons (Fsp3) is 0.136. The molecule has 2 aromatic heterocycles. The van der Waals surface area contributed by atoms with Gasteiger partial charge in [-0.1, -0.05) is 23.4 Å². The Bertz CT molecular complexity index is 1130. The normalized spacial score (nSPS) is 13.1. The average molecular weight is 355 g/mol. The SMILES string of the molecule is O=C(Cc1noc2ccccc12)N1CCc2cc(-c3ccncc3)ccc21. The molecule has 0 N–H and O–H groups in total. The van der Waals surface area contributed by atoms with Gasteiger partial charge in [0, 0.05) is 30.0 Å². The summed E-state index contributed by atoms with van der Waals surface area (Å²) in [7, 11) is 0. The Balaban J connectivity index is 1.41. The van der Waals surface area contributed by atoms with Gasteiger partial charge in [-0.05, 0) is 59.5 Å². The van der Waals surface area contributed by atoms with E-state index in [-0.39, 0.29) is 12.3 Å². The molecule has 0 bridgehead atoms. The molecule has 0 spiro atoms. The third kappa shape index (κ3) is 2.77. The largest absolute Gasteiger partial charge is 0.356 e. The van der Waals surface area contributed by atoms with E-state index in [9.17, 15) is 4.79 Å². The molecule has 1 amide bonds. The van der Waals surface area contributed by atoms with Crippen molar-refractivity contribution in [1.29, 1.82) is 0 Å². The number of carbonyl (C=O) groups excluding carboxylic acids is 1. The molecule has 0 saturated carbocycles. The van der Waals surface area contributed by atoms with E-state index in [0.717, 1.165) is 28.6 Å². The lowest BCUT2D eigenvalue weighted by Gasteiger charge is -2.17. The van der Waals surface area contributed by atoms with Gasteiger partial charge in [0.2, 0.25) is 5.91 Å². The Morgan fingerprint density at radius 3 is 2.78 bits per heavy atom. The van der Waals surface area contributed by atoms with Crippen LogP contribution in [-0.2, 0) is 17.6 Å². The minimum Gasteiger partial charge on any atom is -0.356 e. The minimum absolute atomic E-state index is 0.0458. The van der Waals surface area contributed by atoms with Crippen LogP contribution in [0.25, 0.3) is 22.1 Å². The molecule has 132 valence electrons. The van der Waals surface area contributed by atoms with Crippen molar-refractivity contribution in [3.05, 3.63) is 78.2 Å². The van der Waals surface area contributed by atoms with Crippen LogP contribution in [0.2, 0.25) is 0 Å². The quantitative estimate of drug-likeness (QED) is 0.557. The summed E-state index contributed by atoms with van der Waals surface area (Å²) in [4.78, 5) is 18.8. The maximum atomic E-state index is 12.9. The number of anilines is 1. The number of amides is 1. The number of hydrogen-bond donors (Lipinski definition) is 0. The van der Waals surface area contributed by atoms with E-state index in [2.05, 4.69) is 22.3 Å². The molecule has 27 heavy (non-hydrogen) atoms. The molecule has 0 radical (unpaired) electrons. The van der Waals surface area contributed by atoms with E-state index < -0.39 is 0 Å². The van der Waals surface area contributed by atoms with Gasteiger partial charge in [-0.2, -0.15) is 0 Å². The summed E-state index contributed by atoms with van der Waals surface area (Å²) in [6, 6.07) is 17.9. The van der Waals surface area contributed by atoms with E-state index >= 15 is 0 Å². The number of nitrogens with zero attached hydrogens (tertiary/aromatic N) is 3. The molecule has 0 fully saturated rings. The number of carbonyl (C=O) groups is 1. The fourth-order valence-corrected chi connectivity index (χ4v) is 3.69. The van der Waals surface area contributed by atoms with Crippen molar-refractivity contribution in [2.45, 2.75) is 12.8 Å². The smallest absolute Gasteiger partial charge is 0.233 e. The van der Waals surface area contributed by atoms with Gasteiger partial charge in [-0.25, -0.2) is 0 Å². The van der Waals surface area contributed by atoms with Crippen LogP contribution in [0.5, 0.6) is 0 Å². The van der Waals surface area contributed by atoms with Crippen molar-refractivity contribution < 1.29 is 9.32 Å². The highest BCUT2D eigenvalue weighted by atomic mass is 16.5. The highest BCUT2D eigenvalue weighted by Gasteiger charge is 2.26. The number of fused-ring (bicyclic) bond motifs is 2. The molecule has 0 saturated heterocycles. The number of rotatable bonds is 3. The van der Waals surface area contributed by atoms with E-state index in [0.29, 0.717) is 17.8 Å². The standard InChI is InChI=1S/C22H17N3O2/c26-22(14-19-18-3-1-2-4-21(18)27-24-19)25-12-9-17-13-16(5-6-20(17)25)15-7-10-23-11-8-15/h1-8,10-11,13H,9,12,14H2. The second-order valence-corrected chi connectivity index (χ2v) is 6.68. The number of pyridine rings is 1. The van der Waals surface area contributed by atoms with Gasteiger partial charge in [-0.3, -0.25) is 9.78 Å². The van der Waals surface area contributed by atoms with Crippen LogP contribution in [0, 0.1) is 0 Å². The molecular weight excluding hydrogens is 338 g/mol. The van der Waals surface area contributed by atoms with Crippen LogP contribution in [0.3, 0.4) is 0 Å². The summed E-state index contributed by atoms with van der Waals surface area (Å²) < 4.78 is 5.32. The topological polar surface area (TPSA) is 59.2 Å². The summed E-state index contributed by atoms with van der Waals surface area (Å²) in [5, 5.41) is 4.99. The number of hydrogen-bond acceptors (Lipinski definition) is 4. The first-order chi connectivity index (χ1) is 13.3. The number of para-hydroxylation sites is 1. The van der Waals surface area contributed by atoms with Crippen molar-refractivity contribution >= 4 is 22.6 Å². The molecule has 0 atom stereocenters. The first kappa shape index (κ1) is 15.8. The minimum atomic E-state index is 0.0458. The Morgan fingerprint density at radius 2 is 1.89 bits per heavy atom. The van der Waals surface area contributed by atoms with Crippen molar-refractivity contribution in [1.82, 2.24) is 10.1 Å². The van der Waals surface area contributed by atoms with Gasteiger partial charge in [0.15, 0.2) is 5.58 Å². The first-order valence-corrected chi connectivity index (χ1v) is 8.96. The molecule has 4 aromatic rings. The monoisotopic (exact) mass is 355 g/mol. The summed E-state index contributed by atoms with van der Waals surface area (Å²) in [6.45, 7) is 0.698. The van der Waals surface area contributed by atoms with Crippen LogP contribution >= 0.6 is 0 Å². The fourth-order valence-electron chi connectivity index (χ4n) is 3.69. The van der Waals surface area contributed by atoms with Crippen LogP contribution in [0.15, 0.2) is 71.5 Å². The van der Waals surface area contributed by atoms with Gasteiger partial charge in [0.25, 0.3) is 0 Å². The lowest BCUT2D eigenvalue weighted by Crippen LogP contribution is -2.30. The van der Waals surface area contributed by atoms with Crippen LogP contribution in [-0.4, -0.2) is 22.6 Å². The highest BCUT2D eigenvalue weighted by Crippen LogP contribution is 2.33. The lowest BCUT2D eigenvalue weighted by atomic mass is 10.0. The van der Waals surface area contributed by atoms with E-state index in [1.54, 1.807) is 12.4 Å². The third-order valence-corrected chi connectivity index (χ3v) is 5.06. The molecule has 5 nitrogen and oxygen atoms in total. The molecule has 1 aliphatic rings. The molecule has 5 heteroatoms. The first-order valence-electron chi connectivity index (χ1n) is 8.96. The van der Waals surface area contributed by atoms with Gasteiger partial charge in [0.1, 0.15) is 5.69 Å². The predicted molar refractivity (Wildman–Crippen MR) is 103 cm³/mol. The molecular formula is C22H17N3O2. The zero-order valence-electron chi connectivity index (χ0n) is 14.6. The van der Waals surface area contributed by atoms with E-state index in [1.165, 1.54) is 5.56 Å². The zero-order chi connectivity index (χ0) is 18.2. The Kier molecular flexibility index (Phi) is 3.71. The van der Waals surface area contributed by atoms with Gasteiger partial charge >= 0.3 is 0 Å². The predicted octanol–water partition coefficient (Wildman–Crippen LogP) is 4.02. The lowest BCUT2D eigenvalue weighted by molar-refractivity contribution is -0.117. The number of aromatic nitrogens is 2. The molecule has 0 aliphatic carbocycles. The maximum Gasteiger partial charge on any atom is 0.233 e. The van der Waals surface area contributed by atoms with Crippen molar-refractivity contribution in [3.8, 4) is 11.1 Å². The Morgan fingerprint density at radius 1 is 1.04 bits per heavy atom. The van der Waals surface area contributed by atoms with E-state index in [4.69, 9.17) is 4.52 Å². The second kappa shape index (κ2) is 6.36. The summed E-state index contributed by atoms with van der Waals surface area (Å²) in [6.07, 6.45) is 4.68. The van der Waals surface area contributed by atoms with Crippen molar-refractivity contribution in [2.24, 2.45) is 0 Å². The highest BCUT2D eigenvalue weighted by molar-refractivity contribution is 5.98. The van der Waals surface area contributed by atoms with Crippen LogP contribution in [0.4, 0.5) is 5.69 Å². The summed E-state index contributed by atoms with van der Waals surface area (Å²) in [5.41, 5.74) is 5.87. The third-order valence-electron chi connectivity index (χ3n) is 5.06. The Labute approximate surface area is 156 Å². The maximum absolute atomic E-state index is 12.9. The van der Waals surface area contributed by atoms with Crippen molar-refractivity contribution in [3.63, 3.8) is 0 Å². The zero-order valence-corrected chi connectivity index (χ0v) is 14.6. The molecule has 5 rings (SSSR count). The molecule has 1 aliphatic heterocycles. The van der Waals surface area contributed by atoms with E-state index in [1.807, 2.05) is 47.4 Å². The van der Waals surface area contributed by atoms with Gasteiger partial charge in [0.05, 0.1) is 6.42 Å². The number of benzene rings is 2. The average Bonchev–Trinajstić information content (AvgIpc) is 3.32. The second-order valence-electron chi connectivity index (χ2n) is 6.68.